The Morgan fingerprint density at radius 3 is 2.66 bits per heavy atom. The minimum atomic E-state index is -0.328. The van der Waals surface area contributed by atoms with E-state index in [0.29, 0.717) is 18.3 Å². The van der Waals surface area contributed by atoms with Crippen molar-refractivity contribution in [1.82, 2.24) is 15.0 Å². The number of hydrogen-bond acceptors (Lipinski definition) is 5. The third kappa shape index (κ3) is 7.88. The summed E-state index contributed by atoms with van der Waals surface area (Å²) < 4.78 is 14.1. The van der Waals surface area contributed by atoms with Gasteiger partial charge in [0.05, 0.1) is 12.8 Å². The fourth-order valence-corrected chi connectivity index (χ4v) is 5.88. The second-order valence-electron chi connectivity index (χ2n) is 12.6. The predicted octanol–water partition coefficient (Wildman–Crippen LogP) is 7.99. The largest absolute Gasteiger partial charge is 0.508 e. The van der Waals surface area contributed by atoms with E-state index in [-0.39, 0.29) is 22.9 Å². The van der Waals surface area contributed by atoms with Crippen molar-refractivity contribution in [3.8, 4) is 11.5 Å². The second-order valence-corrected chi connectivity index (χ2v) is 12.9. The van der Waals surface area contributed by atoms with Gasteiger partial charge in [-0.25, -0.2) is 0 Å². The Labute approximate surface area is 235 Å². The third-order valence-corrected chi connectivity index (χ3v) is 8.64. The predicted molar refractivity (Wildman–Crippen MR) is 155 cm³/mol. The number of benzene rings is 1. The average molecular weight is 548 g/mol. The molecule has 0 aliphatic carbocycles. The van der Waals surface area contributed by atoms with Gasteiger partial charge in [-0.05, 0) is 74.5 Å². The number of ether oxygens (including phenoxy) is 2. The molecule has 0 saturated heterocycles. The highest BCUT2D eigenvalue weighted by Crippen LogP contribution is 2.52. The van der Waals surface area contributed by atoms with Crippen molar-refractivity contribution >= 4 is 11.6 Å². The number of rotatable bonds is 15. The Bertz CT molecular complexity index is 1020. The summed E-state index contributed by atoms with van der Waals surface area (Å²) in [4.78, 5) is 0. The van der Waals surface area contributed by atoms with E-state index in [1.807, 2.05) is 16.9 Å². The summed E-state index contributed by atoms with van der Waals surface area (Å²) in [5.41, 5.74) is 2.59. The number of alkyl halides is 1. The van der Waals surface area contributed by atoms with E-state index in [2.05, 4.69) is 64.8 Å². The molecular weight excluding hydrogens is 498 g/mol. The molecule has 0 saturated carbocycles. The van der Waals surface area contributed by atoms with E-state index in [9.17, 15) is 5.11 Å². The van der Waals surface area contributed by atoms with Gasteiger partial charge in [0.1, 0.15) is 22.8 Å². The molecule has 6 nitrogen and oxygen atoms in total. The van der Waals surface area contributed by atoms with E-state index in [0.717, 1.165) is 73.7 Å². The monoisotopic (exact) mass is 547 g/mol. The summed E-state index contributed by atoms with van der Waals surface area (Å²) in [6.45, 7) is 17.5. The summed E-state index contributed by atoms with van der Waals surface area (Å²) in [5, 5.41) is 20.0. The lowest BCUT2D eigenvalue weighted by Gasteiger charge is -2.45. The Morgan fingerprint density at radius 2 is 1.95 bits per heavy atom. The number of halogens is 1. The molecule has 1 aromatic heterocycles. The zero-order chi connectivity index (χ0) is 27.9. The average Bonchev–Trinajstić information content (AvgIpc) is 3.28. The number of fused-ring (bicyclic) bond motifs is 1. The molecule has 0 bridgehead atoms. The number of hydrogen-bond donors (Lipinski definition) is 1. The highest BCUT2D eigenvalue weighted by molar-refractivity contribution is 6.17. The lowest BCUT2D eigenvalue weighted by atomic mass is 9.70. The zero-order valence-electron chi connectivity index (χ0n) is 24.7. The van der Waals surface area contributed by atoms with E-state index >= 15 is 0 Å². The zero-order valence-corrected chi connectivity index (χ0v) is 25.5. The van der Waals surface area contributed by atoms with Gasteiger partial charge in [0, 0.05) is 30.5 Å². The summed E-state index contributed by atoms with van der Waals surface area (Å²) >= 11 is 5.84. The van der Waals surface area contributed by atoms with Crippen molar-refractivity contribution in [2.75, 3.05) is 12.5 Å². The Hall–Kier alpha value is -1.79. The quantitative estimate of drug-likeness (QED) is 0.181. The van der Waals surface area contributed by atoms with Crippen molar-refractivity contribution in [2.24, 2.45) is 11.8 Å². The van der Waals surface area contributed by atoms with Gasteiger partial charge in [-0.15, -0.1) is 16.7 Å². The van der Waals surface area contributed by atoms with E-state index in [1.54, 1.807) is 0 Å². The summed E-state index contributed by atoms with van der Waals surface area (Å²) in [6, 6.07) is 4.18. The van der Waals surface area contributed by atoms with Gasteiger partial charge in [-0.2, -0.15) is 0 Å². The first-order chi connectivity index (χ1) is 18.0. The maximum Gasteiger partial charge on any atom is 0.127 e. The third-order valence-electron chi connectivity index (χ3n) is 8.37. The van der Waals surface area contributed by atoms with Crippen LogP contribution in [0.5, 0.6) is 11.5 Å². The molecule has 38 heavy (non-hydrogen) atoms. The highest BCUT2D eigenvalue weighted by Gasteiger charge is 2.43. The molecule has 3 atom stereocenters. The molecule has 0 unspecified atom stereocenters. The van der Waals surface area contributed by atoms with Crippen LogP contribution in [0.4, 0.5) is 0 Å². The van der Waals surface area contributed by atoms with Gasteiger partial charge in [0.15, 0.2) is 0 Å². The van der Waals surface area contributed by atoms with Gasteiger partial charge in [-0.3, -0.25) is 4.68 Å². The van der Waals surface area contributed by atoms with Gasteiger partial charge in [-0.1, -0.05) is 59.1 Å². The van der Waals surface area contributed by atoms with Crippen LogP contribution in [0.3, 0.4) is 0 Å². The van der Waals surface area contributed by atoms with Crippen LogP contribution in [0.1, 0.15) is 116 Å². The second kappa shape index (κ2) is 13.5. The van der Waals surface area contributed by atoms with Gasteiger partial charge >= 0.3 is 0 Å². The molecule has 1 aliphatic rings. The number of aromatic hydroxyl groups is 1. The first-order valence-corrected chi connectivity index (χ1v) is 15.1. The molecule has 0 spiro atoms. The number of aromatic nitrogens is 3. The molecule has 1 N–H and O–H groups in total. The molecule has 214 valence electrons. The molecule has 1 aromatic carbocycles. The van der Waals surface area contributed by atoms with Gasteiger partial charge in [0.2, 0.25) is 0 Å². The number of phenolic OH excluding ortho intramolecular Hbond substituents is 1. The molecule has 2 heterocycles. The molecular formula is C31H50ClN3O3. The van der Waals surface area contributed by atoms with Crippen LogP contribution in [0.2, 0.25) is 0 Å². The number of unbranched alkanes of at least 4 members (excludes halogenated alkanes) is 3. The first-order valence-electron chi connectivity index (χ1n) is 14.6. The lowest BCUT2D eigenvalue weighted by Crippen LogP contribution is -2.43. The molecule has 3 rings (SSSR count). The number of nitrogens with zero attached hydrogens (tertiary/aromatic N) is 3. The summed E-state index contributed by atoms with van der Waals surface area (Å²) in [5.74, 6) is 2.72. The van der Waals surface area contributed by atoms with Crippen LogP contribution in [0.25, 0.3) is 0 Å². The summed E-state index contributed by atoms with van der Waals surface area (Å²) in [7, 11) is 0. The van der Waals surface area contributed by atoms with Crippen LogP contribution in [-0.4, -0.2) is 38.2 Å². The molecule has 0 fully saturated rings. The van der Waals surface area contributed by atoms with Gasteiger partial charge < -0.3 is 14.6 Å². The lowest BCUT2D eigenvalue weighted by molar-refractivity contribution is 0.0128. The fraction of sp³-hybridized carbons (Fsp3) is 0.742. The van der Waals surface area contributed by atoms with Gasteiger partial charge in [0.25, 0.3) is 0 Å². The maximum absolute atomic E-state index is 11.4. The SMILES string of the molecule is CCCOCc1cn(C[C@H](C)C[C@H]2c3c(O)cc(C(C)(C)CCCCCCCl)cc3OC(C)(C)[C@@H]2C)nn1. The Morgan fingerprint density at radius 1 is 1.21 bits per heavy atom. The van der Waals surface area contributed by atoms with Crippen molar-refractivity contribution < 1.29 is 14.6 Å². The van der Waals surface area contributed by atoms with Crippen molar-refractivity contribution in [2.45, 2.75) is 123 Å². The van der Waals surface area contributed by atoms with Crippen molar-refractivity contribution in [3.05, 3.63) is 35.2 Å². The maximum atomic E-state index is 11.4. The number of phenols is 1. The molecule has 1 aliphatic heterocycles. The topological polar surface area (TPSA) is 69.4 Å². The van der Waals surface area contributed by atoms with Crippen LogP contribution in [0.15, 0.2) is 18.3 Å². The molecule has 0 radical (unpaired) electrons. The minimum Gasteiger partial charge on any atom is -0.508 e. The molecule has 7 heteroatoms. The highest BCUT2D eigenvalue weighted by atomic mass is 35.5. The van der Waals surface area contributed by atoms with E-state index in [1.165, 1.54) is 12.8 Å². The standard InChI is InChI=1S/C31H50ClN3O3/c1-8-15-37-21-25-20-35(34-33-25)19-22(2)16-26-23(3)31(6,7)38-28-18-24(17-27(36)29(26)28)30(4,5)13-11-9-10-12-14-32/h17-18,20,22-23,26,36H,8-16,19,21H2,1-7H3/t22-,23-,26-/m1/s1. The fourth-order valence-electron chi connectivity index (χ4n) is 5.69. The minimum absolute atomic E-state index is 0.0432. The smallest absolute Gasteiger partial charge is 0.127 e. The van der Waals surface area contributed by atoms with Crippen molar-refractivity contribution in [3.63, 3.8) is 0 Å². The Balaban J connectivity index is 1.76. The molecule has 2 aromatic rings. The normalized spacial score (nSPS) is 19.7. The van der Waals surface area contributed by atoms with E-state index < -0.39 is 0 Å². The molecule has 0 amide bonds. The summed E-state index contributed by atoms with van der Waals surface area (Å²) in [6.07, 6.45) is 9.57. The van der Waals surface area contributed by atoms with Crippen LogP contribution < -0.4 is 4.74 Å². The van der Waals surface area contributed by atoms with Crippen LogP contribution in [-0.2, 0) is 23.3 Å². The first kappa shape index (κ1) is 30.7. The van der Waals surface area contributed by atoms with Crippen LogP contribution >= 0.6 is 11.6 Å². The van der Waals surface area contributed by atoms with Crippen LogP contribution in [0, 0.1) is 11.8 Å². The van der Waals surface area contributed by atoms with Crippen molar-refractivity contribution in [1.29, 1.82) is 0 Å². The Kier molecular flexibility index (Phi) is 10.9. The van der Waals surface area contributed by atoms with E-state index in [4.69, 9.17) is 21.1 Å².